The van der Waals surface area contributed by atoms with E-state index in [2.05, 4.69) is 16.4 Å². The first-order valence-corrected chi connectivity index (χ1v) is 8.21. The summed E-state index contributed by atoms with van der Waals surface area (Å²) in [4.78, 5) is 18.7. The minimum atomic E-state index is -0.00218. The summed E-state index contributed by atoms with van der Waals surface area (Å²) in [6, 6.07) is 9.73. The largest absolute Gasteiger partial charge is 0.472 e. The van der Waals surface area contributed by atoms with E-state index in [1.807, 2.05) is 29.3 Å². The van der Waals surface area contributed by atoms with Crippen LogP contribution in [-0.2, 0) is 0 Å². The second-order valence-electron chi connectivity index (χ2n) is 6.07. The molecule has 1 aliphatic rings. The number of fused-ring (bicyclic) bond motifs is 1. The summed E-state index contributed by atoms with van der Waals surface area (Å²) in [7, 11) is 0. The normalized spacial score (nSPS) is 15.2. The number of pyridine rings is 1. The van der Waals surface area contributed by atoms with Crippen LogP contribution in [0.5, 0.6) is 0 Å². The molecule has 4 rings (SSSR count). The van der Waals surface area contributed by atoms with E-state index >= 15 is 0 Å². The molecule has 1 saturated heterocycles. The van der Waals surface area contributed by atoms with E-state index in [0.717, 1.165) is 18.5 Å². The third-order valence-corrected chi connectivity index (χ3v) is 4.53. The lowest BCUT2D eigenvalue weighted by molar-refractivity contribution is 0.0717. The number of aromatic nitrogens is 2. The molecule has 7 heteroatoms. The molecule has 126 valence electrons. The smallest absolute Gasteiger partial charge is 0.257 e. The summed E-state index contributed by atoms with van der Waals surface area (Å²) in [5.74, 6) is 0.603. The maximum Gasteiger partial charge on any atom is 0.257 e. The average Bonchev–Trinajstić information content (AvgIpc) is 3.29. The lowest BCUT2D eigenvalue weighted by Gasteiger charge is -2.32. The number of nitrogens with zero attached hydrogens (tertiary/aromatic N) is 4. The lowest BCUT2D eigenvalue weighted by Crippen LogP contribution is -2.42. The monoisotopic (exact) mass is 335 g/mol. The number of imidazole rings is 1. The zero-order valence-electron chi connectivity index (χ0n) is 13.6. The van der Waals surface area contributed by atoms with Crippen molar-refractivity contribution in [2.75, 3.05) is 18.4 Å². The van der Waals surface area contributed by atoms with Gasteiger partial charge in [0.15, 0.2) is 11.5 Å². The summed E-state index contributed by atoms with van der Waals surface area (Å²) in [6.07, 6.45) is 6.43. The Morgan fingerprint density at radius 2 is 2.16 bits per heavy atom. The van der Waals surface area contributed by atoms with Crippen molar-refractivity contribution < 1.29 is 9.21 Å². The molecule has 25 heavy (non-hydrogen) atoms. The van der Waals surface area contributed by atoms with E-state index in [1.165, 1.54) is 12.5 Å². The van der Waals surface area contributed by atoms with Crippen molar-refractivity contribution in [1.29, 1.82) is 5.26 Å². The van der Waals surface area contributed by atoms with Gasteiger partial charge in [-0.3, -0.25) is 9.20 Å². The number of furan rings is 1. The van der Waals surface area contributed by atoms with Gasteiger partial charge in [0.25, 0.3) is 5.91 Å². The van der Waals surface area contributed by atoms with Crippen LogP contribution >= 0.6 is 0 Å². The molecular formula is C18H17N5O2. The molecule has 0 saturated carbocycles. The van der Waals surface area contributed by atoms with E-state index < -0.39 is 0 Å². The fraction of sp³-hybridized carbons (Fsp3) is 0.278. The Morgan fingerprint density at radius 1 is 1.32 bits per heavy atom. The Balaban J connectivity index is 1.44. The van der Waals surface area contributed by atoms with Crippen molar-refractivity contribution in [2.45, 2.75) is 18.9 Å². The predicted molar refractivity (Wildman–Crippen MR) is 91.2 cm³/mol. The summed E-state index contributed by atoms with van der Waals surface area (Å²) in [5, 5.41) is 12.8. The van der Waals surface area contributed by atoms with Gasteiger partial charge in [-0.05, 0) is 31.0 Å². The molecule has 1 N–H and O–H groups in total. The van der Waals surface area contributed by atoms with Gasteiger partial charge in [-0.1, -0.05) is 6.07 Å². The van der Waals surface area contributed by atoms with Gasteiger partial charge in [-0.2, -0.15) is 5.26 Å². The van der Waals surface area contributed by atoms with Gasteiger partial charge in [0, 0.05) is 25.3 Å². The Hall–Kier alpha value is -3.27. The molecule has 3 aromatic heterocycles. The van der Waals surface area contributed by atoms with E-state index in [-0.39, 0.29) is 11.9 Å². The lowest BCUT2D eigenvalue weighted by atomic mass is 10.0. The molecule has 0 radical (unpaired) electrons. The number of amides is 1. The van der Waals surface area contributed by atoms with Crippen LogP contribution in [0.1, 0.15) is 28.9 Å². The van der Waals surface area contributed by atoms with Crippen LogP contribution in [0.4, 0.5) is 5.82 Å². The zero-order valence-corrected chi connectivity index (χ0v) is 13.6. The highest BCUT2D eigenvalue weighted by Crippen LogP contribution is 2.21. The Labute approximate surface area is 144 Å². The first-order valence-electron chi connectivity index (χ1n) is 8.21. The molecule has 0 aliphatic carbocycles. The highest BCUT2D eigenvalue weighted by atomic mass is 16.3. The van der Waals surface area contributed by atoms with Gasteiger partial charge in [0.2, 0.25) is 0 Å². The average molecular weight is 335 g/mol. The van der Waals surface area contributed by atoms with Gasteiger partial charge in [0.1, 0.15) is 18.0 Å². The SMILES string of the molecule is N#Cc1c(NC2CCN(C(=O)c3ccoc3)CC2)nc2ccccn12. The molecule has 0 unspecified atom stereocenters. The first kappa shape index (κ1) is 15.3. The Morgan fingerprint density at radius 3 is 2.88 bits per heavy atom. The summed E-state index contributed by atoms with van der Waals surface area (Å²) >= 11 is 0. The molecule has 0 bridgehead atoms. The number of likely N-dealkylation sites (tertiary alicyclic amines) is 1. The second-order valence-corrected chi connectivity index (χ2v) is 6.07. The Bertz CT molecular complexity index is 930. The standard InChI is InChI=1S/C18H17N5O2/c19-11-15-17(21-16-3-1-2-7-23(15)16)20-14-4-8-22(9-5-14)18(24)13-6-10-25-12-13/h1-3,6-7,10,12,14,20H,4-5,8-9H2. The van der Waals surface area contributed by atoms with Crippen LogP contribution in [0.2, 0.25) is 0 Å². The topological polar surface area (TPSA) is 86.6 Å². The van der Waals surface area contributed by atoms with E-state index in [1.54, 1.807) is 10.5 Å². The maximum atomic E-state index is 12.3. The van der Waals surface area contributed by atoms with Crippen LogP contribution in [0.3, 0.4) is 0 Å². The summed E-state index contributed by atoms with van der Waals surface area (Å²) in [5.41, 5.74) is 1.83. The van der Waals surface area contributed by atoms with Crippen molar-refractivity contribution in [1.82, 2.24) is 14.3 Å². The maximum absolute atomic E-state index is 12.3. The third-order valence-electron chi connectivity index (χ3n) is 4.53. The first-order chi connectivity index (χ1) is 12.3. The van der Waals surface area contributed by atoms with Crippen LogP contribution < -0.4 is 5.32 Å². The van der Waals surface area contributed by atoms with E-state index in [0.29, 0.717) is 30.2 Å². The van der Waals surface area contributed by atoms with Crippen LogP contribution in [0.25, 0.3) is 5.65 Å². The van der Waals surface area contributed by atoms with Gasteiger partial charge in [0.05, 0.1) is 11.8 Å². The molecule has 7 nitrogen and oxygen atoms in total. The third kappa shape index (κ3) is 2.83. The molecule has 3 aromatic rings. The van der Waals surface area contributed by atoms with Gasteiger partial charge < -0.3 is 14.6 Å². The van der Waals surface area contributed by atoms with Crippen molar-refractivity contribution >= 4 is 17.4 Å². The summed E-state index contributed by atoms with van der Waals surface area (Å²) < 4.78 is 6.76. The number of hydrogen-bond donors (Lipinski definition) is 1. The van der Waals surface area contributed by atoms with Crippen molar-refractivity contribution in [3.05, 3.63) is 54.2 Å². The second kappa shape index (κ2) is 6.32. The van der Waals surface area contributed by atoms with Crippen molar-refractivity contribution in [3.8, 4) is 6.07 Å². The van der Waals surface area contributed by atoms with Crippen LogP contribution in [0.15, 0.2) is 47.4 Å². The summed E-state index contributed by atoms with van der Waals surface area (Å²) in [6.45, 7) is 1.33. The highest BCUT2D eigenvalue weighted by molar-refractivity contribution is 5.93. The zero-order chi connectivity index (χ0) is 17.2. The van der Waals surface area contributed by atoms with Crippen LogP contribution in [-0.4, -0.2) is 39.3 Å². The molecule has 0 atom stereocenters. The van der Waals surface area contributed by atoms with Crippen molar-refractivity contribution in [3.63, 3.8) is 0 Å². The van der Waals surface area contributed by atoms with E-state index in [9.17, 15) is 10.1 Å². The Kier molecular flexibility index (Phi) is 3.86. The fourth-order valence-electron chi connectivity index (χ4n) is 3.19. The number of rotatable bonds is 3. The van der Waals surface area contributed by atoms with Crippen LogP contribution in [0, 0.1) is 11.3 Å². The van der Waals surface area contributed by atoms with Crippen molar-refractivity contribution in [2.24, 2.45) is 0 Å². The quantitative estimate of drug-likeness (QED) is 0.795. The molecule has 1 fully saturated rings. The number of carbonyl (C=O) groups excluding carboxylic acids is 1. The number of carbonyl (C=O) groups is 1. The number of anilines is 1. The number of nitrogens with one attached hydrogen (secondary N) is 1. The molecule has 1 aliphatic heterocycles. The number of nitriles is 1. The molecular weight excluding hydrogens is 318 g/mol. The number of piperidine rings is 1. The molecule has 1 amide bonds. The molecule has 0 aromatic carbocycles. The highest BCUT2D eigenvalue weighted by Gasteiger charge is 2.25. The van der Waals surface area contributed by atoms with Gasteiger partial charge in [-0.25, -0.2) is 4.98 Å². The predicted octanol–water partition coefficient (Wildman–Crippen LogP) is 2.52. The van der Waals surface area contributed by atoms with Gasteiger partial charge >= 0.3 is 0 Å². The molecule has 0 spiro atoms. The van der Waals surface area contributed by atoms with E-state index in [4.69, 9.17) is 4.42 Å². The minimum absolute atomic E-state index is 0.00218. The van der Waals surface area contributed by atoms with Gasteiger partial charge in [-0.15, -0.1) is 0 Å². The number of hydrogen-bond acceptors (Lipinski definition) is 5. The molecule has 4 heterocycles. The minimum Gasteiger partial charge on any atom is -0.472 e. The fourth-order valence-corrected chi connectivity index (χ4v) is 3.19.